The van der Waals surface area contributed by atoms with Crippen molar-refractivity contribution in [2.24, 2.45) is 5.73 Å². The maximum atomic E-state index is 11.8. The number of carbonyl (C=O) groups is 1. The van der Waals surface area contributed by atoms with Crippen molar-refractivity contribution < 1.29 is 4.79 Å². The van der Waals surface area contributed by atoms with E-state index in [1.807, 2.05) is 0 Å². The molecule has 4 N–H and O–H groups in total. The van der Waals surface area contributed by atoms with Crippen LogP contribution in [-0.4, -0.2) is 42.5 Å². The van der Waals surface area contributed by atoms with E-state index in [-0.39, 0.29) is 0 Å². The molecule has 1 aromatic rings. The van der Waals surface area contributed by atoms with Gasteiger partial charge in [-0.05, 0) is 38.4 Å². The second-order valence-corrected chi connectivity index (χ2v) is 6.46. The smallest absolute Gasteiger partial charge is 0.250 e. The number of carbonyl (C=O) groups excluding carboxylic acids is 1. The fraction of sp³-hybridized carbons (Fsp3) is 0.533. The highest BCUT2D eigenvalue weighted by Gasteiger charge is 2.36. The second kappa shape index (κ2) is 5.39. The Hall–Kier alpha value is -1.46. The van der Waals surface area contributed by atoms with E-state index in [2.05, 4.69) is 16.7 Å². The lowest BCUT2D eigenvalue weighted by Gasteiger charge is -2.44. The molecule has 0 saturated carbocycles. The Bertz CT molecular complexity index is 577. The zero-order valence-corrected chi connectivity index (χ0v) is 12.9. The van der Waals surface area contributed by atoms with Crippen molar-refractivity contribution in [2.75, 3.05) is 30.3 Å². The quantitative estimate of drug-likeness (QED) is 0.815. The summed E-state index contributed by atoms with van der Waals surface area (Å²) < 4.78 is 0. The van der Waals surface area contributed by atoms with E-state index in [4.69, 9.17) is 23.1 Å². The van der Waals surface area contributed by atoms with Gasteiger partial charge in [0, 0.05) is 30.9 Å². The highest BCUT2D eigenvalue weighted by Crippen LogP contribution is 2.37. The minimum absolute atomic E-state index is 0.290. The molecule has 3 rings (SSSR count). The molecule has 2 saturated heterocycles. The summed E-state index contributed by atoms with van der Waals surface area (Å²) in [6.07, 6.45) is 2.44. The number of amides is 1. The third-order valence-electron chi connectivity index (χ3n) is 4.58. The van der Waals surface area contributed by atoms with Gasteiger partial charge in [0.05, 0.1) is 16.3 Å². The number of nitrogens with two attached hydrogens (primary N) is 2. The Balaban J connectivity index is 2.01. The normalized spacial score (nSPS) is 25.9. The molecule has 21 heavy (non-hydrogen) atoms. The minimum Gasteiger partial charge on any atom is -0.399 e. The van der Waals surface area contributed by atoms with Crippen LogP contribution in [0, 0.1) is 0 Å². The van der Waals surface area contributed by atoms with E-state index >= 15 is 0 Å². The molecule has 0 aromatic heterocycles. The van der Waals surface area contributed by atoms with Gasteiger partial charge in [-0.3, -0.25) is 9.69 Å². The molecule has 2 heterocycles. The van der Waals surface area contributed by atoms with Crippen molar-refractivity contribution in [3.8, 4) is 0 Å². The predicted molar refractivity (Wildman–Crippen MR) is 85.8 cm³/mol. The van der Waals surface area contributed by atoms with Gasteiger partial charge in [-0.15, -0.1) is 0 Å². The average Bonchev–Trinajstić information content (AvgIpc) is 2.84. The first-order valence-electron chi connectivity index (χ1n) is 7.37. The topological polar surface area (TPSA) is 75.6 Å². The van der Waals surface area contributed by atoms with Crippen LogP contribution in [0.5, 0.6) is 0 Å². The molecule has 6 heteroatoms. The van der Waals surface area contributed by atoms with Crippen LogP contribution in [-0.2, 0) is 0 Å². The predicted octanol–water partition coefficient (Wildman–Crippen LogP) is 1.69. The van der Waals surface area contributed by atoms with Crippen LogP contribution in [0.15, 0.2) is 12.1 Å². The molecule has 2 atom stereocenters. The van der Waals surface area contributed by atoms with Crippen LogP contribution >= 0.6 is 11.6 Å². The standard InChI is InChI=1S/C15H21ClN4O/c1-9-7-19-4-2-3-11(19)8-20(9)14-12(15(18)21)5-10(17)6-13(14)16/h5-6,9,11H,2-4,7-8,17H2,1H3,(H2,18,21). The molecule has 1 amide bonds. The van der Waals surface area contributed by atoms with Crippen LogP contribution < -0.4 is 16.4 Å². The number of halogens is 1. The molecular formula is C15H21ClN4O. The maximum absolute atomic E-state index is 11.8. The van der Waals surface area contributed by atoms with Gasteiger partial charge in [-0.25, -0.2) is 0 Å². The third kappa shape index (κ3) is 2.56. The van der Waals surface area contributed by atoms with Crippen molar-refractivity contribution >= 4 is 28.9 Å². The molecule has 5 nitrogen and oxygen atoms in total. The molecule has 0 aliphatic carbocycles. The van der Waals surface area contributed by atoms with Crippen LogP contribution in [0.3, 0.4) is 0 Å². The summed E-state index contributed by atoms with van der Waals surface area (Å²) in [7, 11) is 0. The number of nitrogen functional groups attached to an aromatic ring is 1. The first-order valence-corrected chi connectivity index (χ1v) is 7.74. The molecule has 2 fully saturated rings. The van der Waals surface area contributed by atoms with E-state index in [1.165, 1.54) is 19.4 Å². The molecule has 0 bridgehead atoms. The number of piperazine rings is 1. The number of rotatable bonds is 2. The summed E-state index contributed by atoms with van der Waals surface area (Å²) >= 11 is 6.38. The lowest BCUT2D eigenvalue weighted by Crippen LogP contribution is -2.55. The van der Waals surface area contributed by atoms with Crippen molar-refractivity contribution in [1.82, 2.24) is 4.90 Å². The van der Waals surface area contributed by atoms with Gasteiger partial charge in [0.25, 0.3) is 5.91 Å². The van der Waals surface area contributed by atoms with E-state index < -0.39 is 5.91 Å². The van der Waals surface area contributed by atoms with E-state index in [0.29, 0.717) is 28.4 Å². The summed E-state index contributed by atoms with van der Waals surface area (Å²) in [5.74, 6) is -0.486. The van der Waals surface area contributed by atoms with Gasteiger partial charge in [0.15, 0.2) is 0 Å². The molecule has 2 aliphatic rings. The number of hydrogen-bond acceptors (Lipinski definition) is 4. The van der Waals surface area contributed by atoms with Crippen molar-refractivity contribution in [3.63, 3.8) is 0 Å². The first-order chi connectivity index (χ1) is 9.97. The number of hydrogen-bond donors (Lipinski definition) is 2. The average molecular weight is 309 g/mol. The van der Waals surface area contributed by atoms with Gasteiger partial charge >= 0.3 is 0 Å². The lowest BCUT2D eigenvalue weighted by atomic mass is 10.0. The molecule has 0 spiro atoms. The van der Waals surface area contributed by atoms with Crippen LogP contribution in [0.25, 0.3) is 0 Å². The molecule has 2 unspecified atom stereocenters. The minimum atomic E-state index is -0.486. The summed E-state index contributed by atoms with van der Waals surface area (Å²) in [6, 6.07) is 4.14. The molecule has 0 radical (unpaired) electrons. The Morgan fingerprint density at radius 3 is 2.86 bits per heavy atom. The van der Waals surface area contributed by atoms with Gasteiger partial charge in [-0.1, -0.05) is 11.6 Å². The van der Waals surface area contributed by atoms with Gasteiger partial charge in [0.2, 0.25) is 0 Å². The number of nitrogens with zero attached hydrogens (tertiary/aromatic N) is 2. The summed E-state index contributed by atoms with van der Waals surface area (Å²) in [5, 5.41) is 0.502. The second-order valence-electron chi connectivity index (χ2n) is 6.06. The van der Waals surface area contributed by atoms with Crippen molar-refractivity contribution in [2.45, 2.75) is 31.8 Å². The fourth-order valence-electron chi connectivity index (χ4n) is 3.60. The Labute approximate surface area is 129 Å². The molecule has 114 valence electrons. The van der Waals surface area contributed by atoms with Gasteiger partial charge < -0.3 is 16.4 Å². The number of anilines is 2. The maximum Gasteiger partial charge on any atom is 0.250 e. The largest absolute Gasteiger partial charge is 0.399 e. The van der Waals surface area contributed by atoms with Gasteiger partial charge in [0.1, 0.15) is 0 Å². The first kappa shape index (κ1) is 14.5. The summed E-state index contributed by atoms with van der Waals surface area (Å²) in [6.45, 7) is 5.20. The summed E-state index contributed by atoms with van der Waals surface area (Å²) in [4.78, 5) is 16.5. The van der Waals surface area contributed by atoms with Gasteiger partial charge in [-0.2, -0.15) is 0 Å². The van der Waals surface area contributed by atoms with Crippen LogP contribution in [0.2, 0.25) is 5.02 Å². The van der Waals surface area contributed by atoms with Crippen LogP contribution in [0.1, 0.15) is 30.1 Å². The third-order valence-corrected chi connectivity index (χ3v) is 4.86. The SMILES string of the molecule is CC1CN2CCCC2CN1c1c(Cl)cc(N)cc1C(N)=O. The molecular weight excluding hydrogens is 288 g/mol. The van der Waals surface area contributed by atoms with Crippen molar-refractivity contribution in [1.29, 1.82) is 0 Å². The lowest BCUT2D eigenvalue weighted by molar-refractivity contribution is 0.1000. The monoisotopic (exact) mass is 308 g/mol. The van der Waals surface area contributed by atoms with Crippen LogP contribution in [0.4, 0.5) is 11.4 Å². The number of benzene rings is 1. The number of primary amides is 1. The Kier molecular flexibility index (Phi) is 3.71. The number of fused-ring (bicyclic) bond motifs is 1. The highest BCUT2D eigenvalue weighted by molar-refractivity contribution is 6.34. The molecule has 1 aromatic carbocycles. The highest BCUT2D eigenvalue weighted by atomic mass is 35.5. The zero-order valence-electron chi connectivity index (χ0n) is 12.2. The summed E-state index contributed by atoms with van der Waals surface area (Å²) in [5.41, 5.74) is 12.9. The Morgan fingerprint density at radius 1 is 1.38 bits per heavy atom. The van der Waals surface area contributed by atoms with E-state index in [0.717, 1.165) is 18.8 Å². The zero-order chi connectivity index (χ0) is 15.1. The fourth-order valence-corrected chi connectivity index (χ4v) is 3.93. The van der Waals surface area contributed by atoms with E-state index in [9.17, 15) is 4.79 Å². The Morgan fingerprint density at radius 2 is 2.14 bits per heavy atom. The molecule has 2 aliphatic heterocycles. The van der Waals surface area contributed by atoms with E-state index in [1.54, 1.807) is 12.1 Å². The van der Waals surface area contributed by atoms with Crippen molar-refractivity contribution in [3.05, 3.63) is 22.7 Å².